The van der Waals surface area contributed by atoms with Crippen LogP contribution in [0, 0.1) is 6.92 Å². The zero-order chi connectivity index (χ0) is 15.6. The molecule has 1 aliphatic rings. The van der Waals surface area contributed by atoms with Crippen LogP contribution in [0.2, 0.25) is 0 Å². The number of nitrogens with one attached hydrogen (secondary N) is 1. The molecule has 5 heteroatoms. The molecular formula is C16H30N4O. The molecule has 0 aromatic carbocycles. The summed E-state index contributed by atoms with van der Waals surface area (Å²) in [6, 6.07) is 0.694. The number of nitrogens with two attached hydrogens (primary N) is 1. The lowest BCUT2D eigenvalue weighted by Crippen LogP contribution is -2.44. The lowest BCUT2D eigenvalue weighted by Gasteiger charge is -2.40. The van der Waals surface area contributed by atoms with E-state index in [-0.39, 0.29) is 5.60 Å². The van der Waals surface area contributed by atoms with Gasteiger partial charge in [-0.3, -0.25) is 0 Å². The number of aryl methyl sites for hydroxylation is 1. The van der Waals surface area contributed by atoms with Crippen molar-refractivity contribution in [3.63, 3.8) is 0 Å². The third kappa shape index (κ3) is 3.18. The van der Waals surface area contributed by atoms with Crippen LogP contribution in [0.5, 0.6) is 0 Å². The molecule has 0 spiro atoms. The summed E-state index contributed by atoms with van der Waals surface area (Å²) in [5.41, 5.74) is 7.90. The van der Waals surface area contributed by atoms with E-state index in [9.17, 15) is 0 Å². The molecule has 0 amide bonds. The van der Waals surface area contributed by atoms with Crippen molar-refractivity contribution in [3.05, 3.63) is 5.69 Å². The smallest absolute Gasteiger partial charge is 0.148 e. The number of hydrogen-bond acceptors (Lipinski definition) is 4. The molecular weight excluding hydrogens is 264 g/mol. The van der Waals surface area contributed by atoms with Gasteiger partial charge in [0.2, 0.25) is 0 Å². The highest BCUT2D eigenvalue weighted by Crippen LogP contribution is 2.34. The van der Waals surface area contributed by atoms with E-state index < -0.39 is 0 Å². The summed E-state index contributed by atoms with van der Waals surface area (Å²) < 4.78 is 8.05. The standard InChI is InChI=1S/C16H30N4O/c1-6-16(7-2)10-13(8-9-21-16)18-15-14(17)12(5)19-20(15)11(3)4/h11,13,18H,6-10,17H2,1-5H3. The maximum absolute atomic E-state index is 6.21. The van der Waals surface area contributed by atoms with E-state index in [1.54, 1.807) is 0 Å². The third-order valence-electron chi connectivity index (χ3n) is 4.74. The van der Waals surface area contributed by atoms with Crippen LogP contribution in [0.4, 0.5) is 11.5 Å². The van der Waals surface area contributed by atoms with Crippen LogP contribution >= 0.6 is 0 Å². The second-order valence-corrected chi connectivity index (χ2v) is 6.46. The van der Waals surface area contributed by atoms with Crippen LogP contribution in [-0.2, 0) is 4.74 Å². The second kappa shape index (κ2) is 6.26. The number of ether oxygens (including phenoxy) is 1. The Kier molecular flexibility index (Phi) is 4.81. The van der Waals surface area contributed by atoms with Crippen LogP contribution in [0.1, 0.15) is 65.1 Å². The van der Waals surface area contributed by atoms with Crippen LogP contribution in [0.25, 0.3) is 0 Å². The minimum absolute atomic E-state index is 0.0163. The fraction of sp³-hybridized carbons (Fsp3) is 0.812. The Hall–Kier alpha value is -1.23. The van der Waals surface area contributed by atoms with Gasteiger partial charge in [-0.2, -0.15) is 5.10 Å². The fourth-order valence-corrected chi connectivity index (χ4v) is 3.16. The second-order valence-electron chi connectivity index (χ2n) is 6.46. The summed E-state index contributed by atoms with van der Waals surface area (Å²) >= 11 is 0. The first-order chi connectivity index (χ1) is 9.92. The van der Waals surface area contributed by atoms with Gasteiger partial charge in [-0.05, 0) is 46.5 Å². The van der Waals surface area contributed by atoms with Crippen molar-refractivity contribution >= 4 is 11.5 Å². The van der Waals surface area contributed by atoms with Crippen molar-refractivity contribution in [1.82, 2.24) is 9.78 Å². The Bertz CT molecular complexity index is 477. The molecule has 21 heavy (non-hydrogen) atoms. The minimum Gasteiger partial charge on any atom is -0.394 e. The normalized spacial score (nSPS) is 21.7. The number of rotatable bonds is 5. The molecule has 1 aromatic heterocycles. The van der Waals surface area contributed by atoms with Crippen molar-refractivity contribution < 1.29 is 4.74 Å². The quantitative estimate of drug-likeness (QED) is 0.872. The van der Waals surface area contributed by atoms with Crippen molar-refractivity contribution in [2.75, 3.05) is 17.7 Å². The first-order valence-electron chi connectivity index (χ1n) is 8.17. The Labute approximate surface area is 128 Å². The van der Waals surface area contributed by atoms with Gasteiger partial charge in [0.1, 0.15) is 5.82 Å². The Balaban J connectivity index is 2.18. The van der Waals surface area contributed by atoms with Gasteiger partial charge in [0, 0.05) is 18.7 Å². The molecule has 2 heterocycles. The molecule has 1 atom stereocenters. The molecule has 0 bridgehead atoms. The van der Waals surface area contributed by atoms with Crippen LogP contribution in [-0.4, -0.2) is 28.0 Å². The molecule has 1 unspecified atom stereocenters. The number of nitrogen functional groups attached to an aromatic ring is 1. The van der Waals surface area contributed by atoms with Crippen molar-refractivity contribution in [2.45, 2.75) is 78.0 Å². The van der Waals surface area contributed by atoms with E-state index in [1.807, 2.05) is 11.6 Å². The predicted octanol–water partition coefficient (Wildman–Crippen LogP) is 3.50. The summed E-state index contributed by atoms with van der Waals surface area (Å²) in [5, 5.41) is 8.19. The predicted molar refractivity (Wildman–Crippen MR) is 87.7 cm³/mol. The lowest BCUT2D eigenvalue weighted by atomic mass is 9.86. The molecule has 0 radical (unpaired) electrons. The van der Waals surface area contributed by atoms with E-state index in [0.717, 1.165) is 49.5 Å². The maximum atomic E-state index is 6.21. The zero-order valence-electron chi connectivity index (χ0n) is 14.1. The summed E-state index contributed by atoms with van der Waals surface area (Å²) in [4.78, 5) is 0. The zero-order valence-corrected chi connectivity index (χ0v) is 14.1. The topological polar surface area (TPSA) is 65.1 Å². The van der Waals surface area contributed by atoms with Gasteiger partial charge in [0.25, 0.3) is 0 Å². The average Bonchev–Trinajstić information content (AvgIpc) is 2.76. The van der Waals surface area contributed by atoms with E-state index >= 15 is 0 Å². The average molecular weight is 294 g/mol. The molecule has 1 fully saturated rings. The number of hydrogen-bond donors (Lipinski definition) is 2. The van der Waals surface area contributed by atoms with E-state index in [1.165, 1.54) is 0 Å². The highest BCUT2D eigenvalue weighted by atomic mass is 16.5. The minimum atomic E-state index is 0.0163. The van der Waals surface area contributed by atoms with Gasteiger partial charge in [-0.1, -0.05) is 13.8 Å². The van der Waals surface area contributed by atoms with Crippen LogP contribution in [0.15, 0.2) is 0 Å². The Morgan fingerprint density at radius 1 is 1.43 bits per heavy atom. The fourth-order valence-electron chi connectivity index (χ4n) is 3.16. The molecule has 5 nitrogen and oxygen atoms in total. The van der Waals surface area contributed by atoms with Crippen molar-refractivity contribution in [3.8, 4) is 0 Å². The molecule has 1 saturated heterocycles. The molecule has 1 aromatic rings. The molecule has 1 aliphatic heterocycles. The van der Waals surface area contributed by atoms with Gasteiger partial charge in [-0.15, -0.1) is 0 Å². The first kappa shape index (κ1) is 16.1. The lowest BCUT2D eigenvalue weighted by molar-refractivity contribution is -0.0865. The summed E-state index contributed by atoms with van der Waals surface area (Å²) in [6.45, 7) is 11.5. The van der Waals surface area contributed by atoms with E-state index in [2.05, 4.69) is 38.1 Å². The number of anilines is 2. The maximum Gasteiger partial charge on any atom is 0.148 e. The van der Waals surface area contributed by atoms with Gasteiger partial charge in [0.05, 0.1) is 17.0 Å². The largest absolute Gasteiger partial charge is 0.394 e. The van der Waals surface area contributed by atoms with Gasteiger partial charge >= 0.3 is 0 Å². The number of aromatic nitrogens is 2. The van der Waals surface area contributed by atoms with Gasteiger partial charge < -0.3 is 15.8 Å². The van der Waals surface area contributed by atoms with Crippen molar-refractivity contribution in [2.24, 2.45) is 0 Å². The van der Waals surface area contributed by atoms with E-state index in [0.29, 0.717) is 12.1 Å². The molecule has 2 rings (SSSR count). The summed E-state index contributed by atoms with van der Waals surface area (Å²) in [5.74, 6) is 0.968. The van der Waals surface area contributed by atoms with Gasteiger partial charge in [-0.25, -0.2) is 4.68 Å². The monoisotopic (exact) mass is 294 g/mol. The van der Waals surface area contributed by atoms with Crippen LogP contribution < -0.4 is 11.1 Å². The highest BCUT2D eigenvalue weighted by molar-refractivity contribution is 5.65. The van der Waals surface area contributed by atoms with E-state index in [4.69, 9.17) is 10.5 Å². The summed E-state index contributed by atoms with van der Waals surface area (Å²) in [7, 11) is 0. The van der Waals surface area contributed by atoms with Crippen LogP contribution in [0.3, 0.4) is 0 Å². The molecule has 120 valence electrons. The van der Waals surface area contributed by atoms with Gasteiger partial charge in [0.15, 0.2) is 0 Å². The van der Waals surface area contributed by atoms with Crippen molar-refractivity contribution in [1.29, 1.82) is 0 Å². The Morgan fingerprint density at radius 3 is 2.67 bits per heavy atom. The molecule has 0 saturated carbocycles. The molecule has 0 aliphatic carbocycles. The Morgan fingerprint density at radius 2 is 2.10 bits per heavy atom. The first-order valence-corrected chi connectivity index (χ1v) is 8.17. The third-order valence-corrected chi connectivity index (χ3v) is 4.74. The molecule has 3 N–H and O–H groups in total. The SMILES string of the molecule is CCC1(CC)CC(Nc2c(N)c(C)nn2C(C)C)CCO1. The number of nitrogens with zero attached hydrogens (tertiary/aromatic N) is 2. The highest BCUT2D eigenvalue weighted by Gasteiger charge is 2.35. The summed E-state index contributed by atoms with van der Waals surface area (Å²) in [6.07, 6.45) is 4.16.